The minimum absolute atomic E-state index is 0.118. The van der Waals surface area contributed by atoms with E-state index in [2.05, 4.69) is 5.32 Å². The van der Waals surface area contributed by atoms with Crippen LogP contribution in [0, 0.1) is 0 Å². The number of ether oxygens (including phenoxy) is 1. The molecule has 1 aromatic rings. The highest BCUT2D eigenvalue weighted by Gasteiger charge is 2.21. The third kappa shape index (κ3) is 4.75. The summed E-state index contributed by atoms with van der Waals surface area (Å²) in [7, 11) is 0. The van der Waals surface area contributed by atoms with Gasteiger partial charge in [0.05, 0.1) is 24.6 Å². The van der Waals surface area contributed by atoms with Gasteiger partial charge < -0.3 is 20.1 Å². The first-order valence-electron chi connectivity index (χ1n) is 7.80. The molecule has 1 aromatic carbocycles. The number of aliphatic hydroxyl groups excluding tert-OH is 1. The summed E-state index contributed by atoms with van der Waals surface area (Å²) in [6.45, 7) is 4.42. The van der Waals surface area contributed by atoms with Gasteiger partial charge in [0.1, 0.15) is 0 Å². The predicted molar refractivity (Wildman–Crippen MR) is 94.6 cm³/mol. The Hall–Kier alpha value is -1.99. The van der Waals surface area contributed by atoms with Crippen LogP contribution in [0.3, 0.4) is 0 Å². The number of anilines is 1. The number of carbonyl (C=O) groups excluding carboxylic acids is 2. The quantitative estimate of drug-likeness (QED) is 0.735. The Balaban J connectivity index is 1.90. The summed E-state index contributed by atoms with van der Waals surface area (Å²) >= 11 is 1.66. The zero-order chi connectivity index (χ0) is 17.5. The molecule has 0 saturated heterocycles. The lowest BCUT2D eigenvalue weighted by Crippen LogP contribution is -2.30. The van der Waals surface area contributed by atoms with Crippen molar-refractivity contribution in [2.45, 2.75) is 20.3 Å². The Kier molecular flexibility index (Phi) is 6.69. The van der Waals surface area contributed by atoms with Gasteiger partial charge in [-0.2, -0.15) is 0 Å². The molecule has 1 amide bonds. The molecule has 24 heavy (non-hydrogen) atoms. The normalized spacial score (nSPS) is 14.0. The summed E-state index contributed by atoms with van der Waals surface area (Å²) < 4.78 is 4.92. The molecule has 0 aromatic heterocycles. The van der Waals surface area contributed by atoms with E-state index in [9.17, 15) is 9.59 Å². The van der Waals surface area contributed by atoms with Crippen LogP contribution in [0.25, 0.3) is 0 Å². The van der Waals surface area contributed by atoms with Gasteiger partial charge in [-0.05, 0) is 38.1 Å². The third-order valence-corrected chi connectivity index (χ3v) is 4.91. The van der Waals surface area contributed by atoms with Crippen molar-refractivity contribution in [2.24, 2.45) is 0 Å². The first kappa shape index (κ1) is 18.4. The van der Waals surface area contributed by atoms with Gasteiger partial charge in [0.25, 0.3) is 0 Å². The number of amides is 1. The number of nitrogens with zero attached hydrogens (tertiary/aromatic N) is 1. The molecule has 0 saturated carbocycles. The largest absolute Gasteiger partial charge is 0.462 e. The maximum Gasteiger partial charge on any atom is 0.338 e. The molecule has 130 valence electrons. The van der Waals surface area contributed by atoms with Gasteiger partial charge in [-0.25, -0.2) is 4.79 Å². The average molecular weight is 350 g/mol. The number of esters is 1. The van der Waals surface area contributed by atoms with Crippen molar-refractivity contribution in [3.63, 3.8) is 0 Å². The topological polar surface area (TPSA) is 78.9 Å². The number of hydrogen-bond acceptors (Lipinski definition) is 6. The van der Waals surface area contributed by atoms with Crippen molar-refractivity contribution in [1.82, 2.24) is 4.90 Å². The molecule has 6 nitrogen and oxygen atoms in total. The van der Waals surface area contributed by atoms with Crippen molar-refractivity contribution in [3.8, 4) is 0 Å². The summed E-state index contributed by atoms with van der Waals surface area (Å²) in [4.78, 5) is 26.9. The van der Waals surface area contributed by atoms with Crippen molar-refractivity contribution < 1.29 is 19.4 Å². The fourth-order valence-electron chi connectivity index (χ4n) is 2.33. The molecule has 0 unspecified atom stereocenters. The smallest absolute Gasteiger partial charge is 0.338 e. The SMILES string of the molecule is CCOC(=O)c1ccc(NC(=O)CN2CSC(CCO)=C2C)cc1. The van der Waals surface area contributed by atoms with Crippen LogP contribution in [-0.2, 0) is 9.53 Å². The van der Waals surface area contributed by atoms with Crippen molar-refractivity contribution in [1.29, 1.82) is 0 Å². The van der Waals surface area contributed by atoms with Crippen LogP contribution in [-0.4, -0.2) is 47.5 Å². The number of carbonyl (C=O) groups is 2. The maximum atomic E-state index is 12.2. The Morgan fingerprint density at radius 3 is 2.67 bits per heavy atom. The number of hydrogen-bond donors (Lipinski definition) is 2. The van der Waals surface area contributed by atoms with E-state index in [0.717, 1.165) is 16.5 Å². The van der Waals surface area contributed by atoms with Gasteiger partial charge in [-0.3, -0.25) is 4.79 Å². The van der Waals surface area contributed by atoms with E-state index >= 15 is 0 Å². The van der Waals surface area contributed by atoms with E-state index in [1.54, 1.807) is 43.0 Å². The number of rotatable bonds is 7. The van der Waals surface area contributed by atoms with Gasteiger partial charge in [-0.1, -0.05) is 0 Å². The molecule has 0 aliphatic carbocycles. The highest BCUT2D eigenvalue weighted by molar-refractivity contribution is 8.03. The molecule has 7 heteroatoms. The monoisotopic (exact) mass is 350 g/mol. The van der Waals surface area contributed by atoms with Crippen LogP contribution >= 0.6 is 11.8 Å². The van der Waals surface area contributed by atoms with E-state index < -0.39 is 0 Å². The maximum absolute atomic E-state index is 12.2. The standard InChI is InChI=1S/C17H22N2O4S/c1-3-23-17(22)13-4-6-14(7-5-13)18-16(21)10-19-11-24-15(8-9-20)12(19)2/h4-7,20H,3,8-11H2,1-2H3,(H,18,21). The number of thioether (sulfide) groups is 1. The number of aliphatic hydroxyl groups is 1. The predicted octanol–water partition coefficient (Wildman–Crippen LogP) is 2.42. The van der Waals surface area contributed by atoms with E-state index in [-0.39, 0.29) is 25.0 Å². The molecule has 0 spiro atoms. The Labute approximate surface area is 145 Å². The van der Waals surface area contributed by atoms with E-state index in [4.69, 9.17) is 9.84 Å². The second kappa shape index (κ2) is 8.75. The van der Waals surface area contributed by atoms with Gasteiger partial charge in [0.15, 0.2) is 0 Å². The highest BCUT2D eigenvalue weighted by Crippen LogP contribution is 2.33. The summed E-state index contributed by atoms with van der Waals surface area (Å²) in [5.41, 5.74) is 2.14. The molecule has 0 atom stereocenters. The molecule has 0 radical (unpaired) electrons. The van der Waals surface area contributed by atoms with Crippen LogP contribution in [0.5, 0.6) is 0 Å². The fourth-order valence-corrected chi connectivity index (χ4v) is 3.50. The minimum atomic E-state index is -0.373. The lowest BCUT2D eigenvalue weighted by Gasteiger charge is -2.18. The minimum Gasteiger partial charge on any atom is -0.462 e. The van der Waals surface area contributed by atoms with E-state index in [1.165, 1.54) is 0 Å². The van der Waals surface area contributed by atoms with E-state index in [1.807, 2.05) is 11.8 Å². The third-order valence-electron chi connectivity index (χ3n) is 3.63. The summed E-state index contributed by atoms with van der Waals surface area (Å²) in [5.74, 6) is 0.224. The molecule has 1 aliphatic heterocycles. The van der Waals surface area contributed by atoms with Crippen molar-refractivity contribution >= 4 is 29.3 Å². The van der Waals surface area contributed by atoms with Gasteiger partial charge in [-0.15, -0.1) is 11.8 Å². The second-order valence-corrected chi connectivity index (χ2v) is 6.34. The summed E-state index contributed by atoms with van der Waals surface area (Å²) in [6, 6.07) is 6.62. The molecule has 2 N–H and O–H groups in total. The zero-order valence-corrected chi connectivity index (χ0v) is 14.7. The van der Waals surface area contributed by atoms with Crippen molar-refractivity contribution in [2.75, 3.05) is 31.0 Å². The molecule has 1 heterocycles. The van der Waals surface area contributed by atoms with Crippen LogP contribution in [0.15, 0.2) is 34.9 Å². The fraction of sp³-hybridized carbons (Fsp3) is 0.412. The Morgan fingerprint density at radius 1 is 1.33 bits per heavy atom. The van der Waals surface area contributed by atoms with Crippen LogP contribution in [0.2, 0.25) is 0 Å². The molecule has 1 aliphatic rings. The molecule has 0 bridgehead atoms. The van der Waals surface area contributed by atoms with E-state index in [0.29, 0.717) is 24.3 Å². The Bertz CT molecular complexity index is 628. The van der Waals surface area contributed by atoms with Gasteiger partial charge in [0, 0.05) is 29.3 Å². The zero-order valence-electron chi connectivity index (χ0n) is 13.9. The van der Waals surface area contributed by atoms with Crippen LogP contribution in [0.1, 0.15) is 30.6 Å². The molecule has 0 fully saturated rings. The average Bonchev–Trinajstić information content (AvgIpc) is 2.89. The Morgan fingerprint density at radius 2 is 2.04 bits per heavy atom. The number of benzene rings is 1. The molecular formula is C17H22N2O4S. The van der Waals surface area contributed by atoms with Crippen molar-refractivity contribution in [3.05, 3.63) is 40.4 Å². The summed E-state index contributed by atoms with van der Waals surface area (Å²) in [6.07, 6.45) is 0.629. The first-order valence-corrected chi connectivity index (χ1v) is 8.79. The second-order valence-electron chi connectivity index (χ2n) is 5.30. The first-order chi connectivity index (χ1) is 11.5. The number of nitrogens with one attached hydrogen (secondary N) is 1. The van der Waals surface area contributed by atoms with Crippen LogP contribution < -0.4 is 5.32 Å². The van der Waals surface area contributed by atoms with Gasteiger partial charge in [0.2, 0.25) is 5.91 Å². The molecular weight excluding hydrogens is 328 g/mol. The lowest BCUT2D eigenvalue weighted by molar-refractivity contribution is -0.116. The van der Waals surface area contributed by atoms with Crippen LogP contribution in [0.4, 0.5) is 5.69 Å². The number of allylic oxidation sites excluding steroid dienone is 1. The lowest BCUT2D eigenvalue weighted by atomic mass is 10.2. The van der Waals surface area contributed by atoms with Gasteiger partial charge >= 0.3 is 5.97 Å². The summed E-state index contributed by atoms with van der Waals surface area (Å²) in [5, 5.41) is 11.8. The molecule has 2 rings (SSSR count). The highest BCUT2D eigenvalue weighted by atomic mass is 32.2.